The minimum atomic E-state index is 0.166. The lowest BCUT2D eigenvalue weighted by atomic mass is 10.2. The number of nitrogens with zero attached hydrogens (tertiary/aromatic N) is 4. The van der Waals surface area contributed by atoms with Gasteiger partial charge in [-0.25, -0.2) is 0 Å². The third-order valence-electron chi connectivity index (χ3n) is 2.18. The van der Waals surface area contributed by atoms with E-state index in [1.807, 2.05) is 4.90 Å². The van der Waals surface area contributed by atoms with Crippen LogP contribution in [0, 0.1) is 0 Å². The molecule has 0 aliphatic carbocycles. The second-order valence-corrected chi connectivity index (χ2v) is 3.19. The third-order valence-corrected chi connectivity index (χ3v) is 2.18. The number of azide groups is 1. The minimum absolute atomic E-state index is 0.166. The molecule has 14 heavy (non-hydrogen) atoms. The molecular weight excluding hydrogens is 182 g/mol. The Morgan fingerprint density at radius 3 is 2.86 bits per heavy atom. The lowest BCUT2D eigenvalue weighted by molar-refractivity contribution is -0.131. The van der Waals surface area contributed by atoms with E-state index in [0.717, 1.165) is 26.2 Å². The molecule has 1 N–H and O–H groups in total. The molecule has 0 radical (unpaired) electrons. The van der Waals surface area contributed by atoms with Gasteiger partial charge in [-0.2, -0.15) is 0 Å². The van der Waals surface area contributed by atoms with Crippen molar-refractivity contribution in [2.24, 2.45) is 5.11 Å². The first-order valence-electron chi connectivity index (χ1n) is 4.84. The fourth-order valence-corrected chi connectivity index (χ4v) is 1.42. The molecule has 1 aliphatic heterocycles. The standard InChI is InChI=1S/C8H15N5O/c9-12-11-3-1-2-8(14)13-6-4-10-5-7-13/h10H,1-7H2. The summed E-state index contributed by atoms with van der Waals surface area (Å²) in [7, 11) is 0. The number of hydrogen-bond acceptors (Lipinski definition) is 3. The van der Waals surface area contributed by atoms with Gasteiger partial charge in [-0.15, -0.1) is 0 Å². The third kappa shape index (κ3) is 3.64. The van der Waals surface area contributed by atoms with Gasteiger partial charge < -0.3 is 10.2 Å². The summed E-state index contributed by atoms with van der Waals surface area (Å²) in [6.45, 7) is 3.75. The van der Waals surface area contributed by atoms with Crippen molar-refractivity contribution in [3.8, 4) is 0 Å². The van der Waals surface area contributed by atoms with Crippen LogP contribution in [0.25, 0.3) is 10.4 Å². The van der Waals surface area contributed by atoms with E-state index < -0.39 is 0 Å². The Bertz CT molecular complexity index is 230. The van der Waals surface area contributed by atoms with Gasteiger partial charge in [-0.1, -0.05) is 5.11 Å². The van der Waals surface area contributed by atoms with Crippen molar-refractivity contribution in [2.45, 2.75) is 12.8 Å². The molecule has 0 spiro atoms. The zero-order valence-corrected chi connectivity index (χ0v) is 8.15. The Balaban J connectivity index is 2.16. The van der Waals surface area contributed by atoms with Crippen LogP contribution in [-0.4, -0.2) is 43.5 Å². The van der Waals surface area contributed by atoms with Gasteiger partial charge in [0.1, 0.15) is 0 Å². The first-order valence-corrected chi connectivity index (χ1v) is 4.84. The summed E-state index contributed by atoms with van der Waals surface area (Å²) >= 11 is 0. The quantitative estimate of drug-likeness (QED) is 0.308. The van der Waals surface area contributed by atoms with E-state index >= 15 is 0 Å². The smallest absolute Gasteiger partial charge is 0.222 e. The van der Waals surface area contributed by atoms with Crippen molar-refractivity contribution in [2.75, 3.05) is 32.7 Å². The summed E-state index contributed by atoms with van der Waals surface area (Å²) < 4.78 is 0. The Morgan fingerprint density at radius 2 is 2.21 bits per heavy atom. The molecular formula is C8H15N5O. The van der Waals surface area contributed by atoms with Crippen molar-refractivity contribution in [3.05, 3.63) is 10.4 Å². The highest BCUT2D eigenvalue weighted by Gasteiger charge is 2.14. The monoisotopic (exact) mass is 197 g/mol. The highest BCUT2D eigenvalue weighted by Crippen LogP contribution is 2.00. The number of rotatable bonds is 4. The molecule has 0 aromatic carbocycles. The number of amides is 1. The maximum atomic E-state index is 11.5. The summed E-state index contributed by atoms with van der Waals surface area (Å²) in [5, 5.41) is 6.57. The van der Waals surface area contributed by atoms with Gasteiger partial charge in [0.25, 0.3) is 0 Å². The molecule has 0 aromatic heterocycles. The molecule has 78 valence electrons. The van der Waals surface area contributed by atoms with Crippen LogP contribution in [0.3, 0.4) is 0 Å². The summed E-state index contributed by atoms with van der Waals surface area (Å²) in [5.41, 5.74) is 8.03. The van der Waals surface area contributed by atoms with Gasteiger partial charge in [0.05, 0.1) is 0 Å². The SMILES string of the molecule is [N-]=[N+]=NCCCC(=O)N1CCNCC1. The van der Waals surface area contributed by atoms with E-state index in [1.165, 1.54) is 0 Å². The molecule has 1 amide bonds. The maximum absolute atomic E-state index is 11.5. The van der Waals surface area contributed by atoms with Crippen LogP contribution in [-0.2, 0) is 4.79 Å². The number of carbonyl (C=O) groups is 1. The summed E-state index contributed by atoms with van der Waals surface area (Å²) in [6.07, 6.45) is 1.13. The Kier molecular flexibility index (Phi) is 4.82. The zero-order valence-electron chi connectivity index (χ0n) is 8.15. The van der Waals surface area contributed by atoms with Gasteiger partial charge in [0, 0.05) is 44.1 Å². The molecule has 0 aromatic rings. The predicted molar refractivity (Wildman–Crippen MR) is 52.7 cm³/mol. The van der Waals surface area contributed by atoms with E-state index in [4.69, 9.17) is 5.53 Å². The predicted octanol–water partition coefficient (Wildman–Crippen LogP) is 0.509. The Morgan fingerprint density at radius 1 is 1.50 bits per heavy atom. The van der Waals surface area contributed by atoms with Crippen LogP contribution in [0.4, 0.5) is 0 Å². The number of hydrogen-bond donors (Lipinski definition) is 1. The van der Waals surface area contributed by atoms with Crippen molar-refractivity contribution < 1.29 is 4.79 Å². The van der Waals surface area contributed by atoms with Gasteiger partial charge >= 0.3 is 0 Å². The lowest BCUT2D eigenvalue weighted by Crippen LogP contribution is -2.46. The first kappa shape index (κ1) is 10.8. The molecule has 6 heteroatoms. The average molecular weight is 197 g/mol. The van der Waals surface area contributed by atoms with E-state index in [9.17, 15) is 4.79 Å². The van der Waals surface area contributed by atoms with E-state index in [-0.39, 0.29) is 5.91 Å². The largest absolute Gasteiger partial charge is 0.340 e. The Labute approximate surface area is 82.9 Å². The highest BCUT2D eigenvalue weighted by atomic mass is 16.2. The lowest BCUT2D eigenvalue weighted by Gasteiger charge is -2.27. The summed E-state index contributed by atoms with van der Waals surface area (Å²) in [6, 6.07) is 0. The molecule has 1 rings (SSSR count). The van der Waals surface area contributed by atoms with E-state index in [1.54, 1.807) is 0 Å². The average Bonchev–Trinajstić information content (AvgIpc) is 2.25. The summed E-state index contributed by atoms with van der Waals surface area (Å²) in [4.78, 5) is 16.0. The second kappa shape index (κ2) is 6.23. The topological polar surface area (TPSA) is 81.1 Å². The number of piperazine rings is 1. The fraction of sp³-hybridized carbons (Fsp3) is 0.875. The van der Waals surface area contributed by atoms with Crippen LogP contribution in [0.15, 0.2) is 5.11 Å². The van der Waals surface area contributed by atoms with Crippen LogP contribution in [0.5, 0.6) is 0 Å². The van der Waals surface area contributed by atoms with Gasteiger partial charge in [0.2, 0.25) is 5.91 Å². The molecule has 6 nitrogen and oxygen atoms in total. The van der Waals surface area contributed by atoms with Crippen molar-refractivity contribution >= 4 is 5.91 Å². The van der Waals surface area contributed by atoms with Crippen molar-refractivity contribution in [1.82, 2.24) is 10.2 Å². The van der Waals surface area contributed by atoms with Gasteiger partial charge in [-0.3, -0.25) is 4.79 Å². The molecule has 0 atom stereocenters. The van der Waals surface area contributed by atoms with Crippen LogP contribution < -0.4 is 5.32 Å². The maximum Gasteiger partial charge on any atom is 0.222 e. The number of carbonyl (C=O) groups excluding carboxylic acids is 1. The molecule has 0 unspecified atom stereocenters. The molecule has 1 aliphatic rings. The highest BCUT2D eigenvalue weighted by molar-refractivity contribution is 5.76. The normalized spacial score (nSPS) is 16.1. The summed E-state index contributed by atoms with van der Waals surface area (Å²) in [5.74, 6) is 0.166. The van der Waals surface area contributed by atoms with Crippen LogP contribution in [0.1, 0.15) is 12.8 Å². The minimum Gasteiger partial charge on any atom is -0.340 e. The number of nitrogens with one attached hydrogen (secondary N) is 1. The Hall–Kier alpha value is -1.26. The van der Waals surface area contributed by atoms with Crippen molar-refractivity contribution in [3.63, 3.8) is 0 Å². The van der Waals surface area contributed by atoms with Gasteiger partial charge in [0.15, 0.2) is 0 Å². The zero-order chi connectivity index (χ0) is 10.2. The van der Waals surface area contributed by atoms with Gasteiger partial charge in [-0.05, 0) is 12.0 Å². The second-order valence-electron chi connectivity index (χ2n) is 3.19. The molecule has 0 bridgehead atoms. The first-order chi connectivity index (χ1) is 6.84. The molecule has 0 saturated carbocycles. The van der Waals surface area contributed by atoms with Crippen molar-refractivity contribution in [1.29, 1.82) is 0 Å². The molecule has 1 heterocycles. The molecule has 1 fully saturated rings. The molecule has 1 saturated heterocycles. The van der Waals surface area contributed by atoms with E-state index in [2.05, 4.69) is 15.3 Å². The fourth-order valence-electron chi connectivity index (χ4n) is 1.42. The van der Waals surface area contributed by atoms with E-state index in [0.29, 0.717) is 19.4 Å². The van der Waals surface area contributed by atoms with Crippen LogP contribution in [0.2, 0.25) is 0 Å². The van der Waals surface area contributed by atoms with Crippen LogP contribution >= 0.6 is 0 Å².